The molecule has 0 unspecified atom stereocenters. The van der Waals surface area contributed by atoms with Crippen molar-refractivity contribution in [2.24, 2.45) is 11.8 Å². The number of hydrogen-bond donors (Lipinski definition) is 1. The Kier molecular flexibility index (Phi) is 5.09. The van der Waals surface area contributed by atoms with Gasteiger partial charge in [0.05, 0.1) is 37.2 Å². The quantitative estimate of drug-likeness (QED) is 0.823. The lowest BCUT2D eigenvalue weighted by molar-refractivity contribution is -0.142. The van der Waals surface area contributed by atoms with Crippen molar-refractivity contribution in [3.05, 3.63) is 35.4 Å². The highest BCUT2D eigenvalue weighted by molar-refractivity contribution is 6.05. The van der Waals surface area contributed by atoms with E-state index in [1.165, 1.54) is 16.0 Å². The van der Waals surface area contributed by atoms with Crippen LogP contribution in [-0.2, 0) is 20.7 Å². The molecule has 140 valence electrons. The van der Waals surface area contributed by atoms with Crippen LogP contribution in [0, 0.1) is 11.8 Å². The number of ether oxygens (including phenoxy) is 1. The number of aryl methyl sites for hydroxylation is 1. The second-order valence-electron chi connectivity index (χ2n) is 7.85. The Balaban J connectivity index is 1.34. The molecular weight excluding hydrogens is 330 g/mol. The fraction of sp³-hybridized carbons (Fsp3) is 0.619. The summed E-state index contributed by atoms with van der Waals surface area (Å²) in [5.74, 6) is -0.507. The average molecular weight is 357 g/mol. The van der Waals surface area contributed by atoms with Gasteiger partial charge in [-0.25, -0.2) is 0 Å². The van der Waals surface area contributed by atoms with Crippen molar-refractivity contribution in [1.29, 1.82) is 0 Å². The number of likely N-dealkylation sites (tertiary alicyclic amines) is 1. The Morgan fingerprint density at radius 1 is 1.04 bits per heavy atom. The molecular formula is C21H27NO4. The molecule has 1 saturated heterocycles. The minimum absolute atomic E-state index is 0.0119. The van der Waals surface area contributed by atoms with Gasteiger partial charge in [-0.05, 0) is 43.2 Å². The first-order chi connectivity index (χ1) is 12.6. The van der Waals surface area contributed by atoms with Crippen LogP contribution in [0.25, 0.3) is 0 Å². The molecule has 4 atom stereocenters. The van der Waals surface area contributed by atoms with E-state index >= 15 is 0 Å². The van der Waals surface area contributed by atoms with E-state index in [1.54, 1.807) is 0 Å². The molecule has 1 aromatic rings. The summed E-state index contributed by atoms with van der Waals surface area (Å²) < 4.78 is 5.97. The molecule has 2 fully saturated rings. The van der Waals surface area contributed by atoms with Gasteiger partial charge in [0.2, 0.25) is 11.8 Å². The van der Waals surface area contributed by atoms with Crippen LogP contribution in [0.2, 0.25) is 0 Å². The normalized spacial score (nSPS) is 29.4. The zero-order chi connectivity index (χ0) is 18.1. The van der Waals surface area contributed by atoms with E-state index in [-0.39, 0.29) is 42.9 Å². The van der Waals surface area contributed by atoms with E-state index in [1.807, 2.05) is 12.1 Å². The molecule has 1 N–H and O–H groups in total. The first-order valence-corrected chi connectivity index (χ1v) is 9.88. The largest absolute Gasteiger partial charge is 0.389 e. The Morgan fingerprint density at radius 3 is 2.46 bits per heavy atom. The number of aliphatic hydroxyl groups excluding tert-OH is 1. The molecule has 1 aliphatic heterocycles. The van der Waals surface area contributed by atoms with Gasteiger partial charge in [-0.1, -0.05) is 37.1 Å². The molecule has 0 aromatic heterocycles. The third-order valence-corrected chi connectivity index (χ3v) is 6.13. The SMILES string of the molecule is O=C1[C@H]2CCCC[C@H]2C(=O)N1C[C@H](O)CO[C@H]1CCCc2ccccc21. The molecule has 4 rings (SSSR count). The molecule has 2 amide bonds. The number of imide groups is 1. The molecule has 0 spiro atoms. The summed E-state index contributed by atoms with van der Waals surface area (Å²) in [6, 6.07) is 8.27. The van der Waals surface area contributed by atoms with Crippen molar-refractivity contribution >= 4 is 11.8 Å². The molecule has 3 aliphatic rings. The van der Waals surface area contributed by atoms with E-state index in [0.717, 1.165) is 44.9 Å². The summed E-state index contributed by atoms with van der Waals surface area (Å²) in [7, 11) is 0. The Morgan fingerprint density at radius 2 is 1.73 bits per heavy atom. The molecule has 2 aliphatic carbocycles. The first-order valence-electron chi connectivity index (χ1n) is 9.88. The highest BCUT2D eigenvalue weighted by Crippen LogP contribution is 2.38. The number of benzene rings is 1. The molecule has 1 aromatic carbocycles. The summed E-state index contributed by atoms with van der Waals surface area (Å²) in [4.78, 5) is 26.3. The minimum atomic E-state index is -0.836. The second-order valence-corrected chi connectivity index (χ2v) is 7.85. The standard InChI is InChI=1S/C21H27NO4/c23-15(12-22-20(24)17-9-3-4-10-18(17)21(22)25)13-26-19-11-5-7-14-6-1-2-8-16(14)19/h1-2,6,8,15,17-19,23H,3-5,7,9-13H2/t15-,17-,18+,19-/m0/s1. The molecule has 5 nitrogen and oxygen atoms in total. The number of carbonyl (C=O) groups excluding carboxylic acids is 2. The summed E-state index contributed by atoms with van der Waals surface area (Å²) >= 11 is 0. The number of fused-ring (bicyclic) bond motifs is 2. The average Bonchev–Trinajstić information content (AvgIpc) is 2.91. The maximum atomic E-state index is 12.5. The number of nitrogens with zero attached hydrogens (tertiary/aromatic N) is 1. The van der Waals surface area contributed by atoms with Crippen LogP contribution >= 0.6 is 0 Å². The molecule has 5 heteroatoms. The van der Waals surface area contributed by atoms with Gasteiger partial charge < -0.3 is 9.84 Å². The van der Waals surface area contributed by atoms with Crippen molar-refractivity contribution in [2.45, 2.75) is 57.2 Å². The Bertz CT molecular complexity index is 664. The zero-order valence-electron chi connectivity index (χ0n) is 15.1. The number of carbonyl (C=O) groups is 2. The number of β-amino-alcohol motifs (C(OH)–C–C–N with tert-alkyl or cyclic N) is 1. The highest BCUT2D eigenvalue weighted by atomic mass is 16.5. The maximum Gasteiger partial charge on any atom is 0.233 e. The maximum absolute atomic E-state index is 12.5. The zero-order valence-corrected chi connectivity index (χ0v) is 15.1. The molecule has 1 heterocycles. The van der Waals surface area contributed by atoms with Gasteiger partial charge in [0.1, 0.15) is 0 Å². The molecule has 0 bridgehead atoms. The lowest BCUT2D eigenvalue weighted by Crippen LogP contribution is -2.39. The fourth-order valence-corrected chi connectivity index (χ4v) is 4.78. The van der Waals surface area contributed by atoms with Crippen LogP contribution in [0.15, 0.2) is 24.3 Å². The van der Waals surface area contributed by atoms with Crippen LogP contribution in [0.4, 0.5) is 0 Å². The monoisotopic (exact) mass is 357 g/mol. The third-order valence-electron chi connectivity index (χ3n) is 6.13. The topological polar surface area (TPSA) is 66.8 Å². The van der Waals surface area contributed by atoms with Crippen LogP contribution in [-0.4, -0.2) is 41.1 Å². The number of rotatable bonds is 5. The highest BCUT2D eigenvalue weighted by Gasteiger charge is 2.48. The van der Waals surface area contributed by atoms with Gasteiger partial charge in [-0.15, -0.1) is 0 Å². The molecule has 26 heavy (non-hydrogen) atoms. The van der Waals surface area contributed by atoms with Gasteiger partial charge in [0, 0.05) is 0 Å². The van der Waals surface area contributed by atoms with E-state index in [9.17, 15) is 14.7 Å². The van der Waals surface area contributed by atoms with Crippen molar-refractivity contribution in [1.82, 2.24) is 4.90 Å². The van der Waals surface area contributed by atoms with Crippen molar-refractivity contribution in [3.8, 4) is 0 Å². The van der Waals surface area contributed by atoms with Crippen LogP contribution < -0.4 is 0 Å². The van der Waals surface area contributed by atoms with Crippen LogP contribution in [0.5, 0.6) is 0 Å². The summed E-state index contributed by atoms with van der Waals surface area (Å²) in [6.07, 6.45) is 5.87. The van der Waals surface area contributed by atoms with Gasteiger partial charge in [0.25, 0.3) is 0 Å². The Hall–Kier alpha value is -1.72. The van der Waals surface area contributed by atoms with E-state index < -0.39 is 6.10 Å². The summed E-state index contributed by atoms with van der Waals surface area (Å²) in [5.41, 5.74) is 2.51. The van der Waals surface area contributed by atoms with Crippen LogP contribution in [0.3, 0.4) is 0 Å². The minimum Gasteiger partial charge on any atom is -0.389 e. The molecule has 0 radical (unpaired) electrons. The predicted octanol–water partition coefficient (Wildman–Crippen LogP) is 2.62. The van der Waals surface area contributed by atoms with Crippen molar-refractivity contribution in [2.75, 3.05) is 13.2 Å². The predicted molar refractivity (Wildman–Crippen MR) is 96.2 cm³/mol. The smallest absolute Gasteiger partial charge is 0.233 e. The van der Waals surface area contributed by atoms with Gasteiger partial charge in [-0.2, -0.15) is 0 Å². The Labute approximate surface area is 154 Å². The summed E-state index contributed by atoms with van der Waals surface area (Å²) in [5, 5.41) is 10.4. The van der Waals surface area contributed by atoms with Crippen molar-refractivity contribution in [3.63, 3.8) is 0 Å². The number of hydrogen-bond acceptors (Lipinski definition) is 4. The van der Waals surface area contributed by atoms with E-state index in [4.69, 9.17) is 4.74 Å². The molecule has 1 saturated carbocycles. The first kappa shape index (κ1) is 17.7. The van der Waals surface area contributed by atoms with Gasteiger partial charge >= 0.3 is 0 Å². The van der Waals surface area contributed by atoms with Gasteiger partial charge in [-0.3, -0.25) is 14.5 Å². The van der Waals surface area contributed by atoms with Gasteiger partial charge in [0.15, 0.2) is 0 Å². The lowest BCUT2D eigenvalue weighted by Gasteiger charge is -2.27. The van der Waals surface area contributed by atoms with E-state index in [2.05, 4.69) is 12.1 Å². The lowest BCUT2D eigenvalue weighted by atomic mass is 9.81. The van der Waals surface area contributed by atoms with Crippen LogP contribution in [0.1, 0.15) is 55.8 Å². The number of aliphatic hydroxyl groups is 1. The number of amides is 2. The summed E-state index contributed by atoms with van der Waals surface area (Å²) in [6.45, 7) is 0.199. The third kappa shape index (κ3) is 3.30. The van der Waals surface area contributed by atoms with Crippen molar-refractivity contribution < 1.29 is 19.4 Å². The fourth-order valence-electron chi connectivity index (χ4n) is 4.78. The van der Waals surface area contributed by atoms with E-state index in [0.29, 0.717) is 0 Å². The second kappa shape index (κ2) is 7.49.